The van der Waals surface area contributed by atoms with Gasteiger partial charge in [-0.1, -0.05) is 24.3 Å². The molecule has 0 unspecified atom stereocenters. The Morgan fingerprint density at radius 3 is 2.77 bits per heavy atom. The van der Waals surface area contributed by atoms with E-state index in [4.69, 9.17) is 0 Å². The number of nitrogens with one attached hydrogen (secondary N) is 1. The van der Waals surface area contributed by atoms with Crippen LogP contribution in [0.15, 0.2) is 59.2 Å². The van der Waals surface area contributed by atoms with E-state index >= 15 is 0 Å². The van der Waals surface area contributed by atoms with Crippen molar-refractivity contribution in [2.45, 2.75) is 0 Å². The molecule has 0 spiro atoms. The highest BCUT2D eigenvalue weighted by Crippen LogP contribution is 2.30. The number of nitrogens with zero attached hydrogens (tertiary/aromatic N) is 2. The maximum Gasteiger partial charge on any atom is 0.199 e. The van der Waals surface area contributed by atoms with Gasteiger partial charge in [0.05, 0.1) is 23.0 Å². The summed E-state index contributed by atoms with van der Waals surface area (Å²) in [6, 6.07) is 12.5. The van der Waals surface area contributed by atoms with Gasteiger partial charge in [-0.2, -0.15) is 5.10 Å². The van der Waals surface area contributed by atoms with Crippen LogP contribution in [0.3, 0.4) is 0 Å². The van der Waals surface area contributed by atoms with Crippen molar-refractivity contribution >= 4 is 34.3 Å². The Morgan fingerprint density at radius 2 is 1.95 bits per heavy atom. The smallest absolute Gasteiger partial charge is 0.199 e. The molecule has 106 valence electrons. The first-order valence-electron chi connectivity index (χ1n) is 6.78. The number of carbonyl (C=O) groups is 1. The zero-order valence-corrected chi connectivity index (χ0v) is 11.4. The molecule has 1 aliphatic rings. The van der Waals surface area contributed by atoms with Crippen molar-refractivity contribution in [2.75, 3.05) is 0 Å². The molecule has 0 radical (unpaired) electrons. The molecular formula is C17H11N3O2. The van der Waals surface area contributed by atoms with Crippen LogP contribution in [0, 0.1) is 0 Å². The lowest BCUT2D eigenvalue weighted by Crippen LogP contribution is -1.99. The monoisotopic (exact) mass is 289 g/mol. The van der Waals surface area contributed by atoms with Crippen molar-refractivity contribution in [1.82, 2.24) is 10.2 Å². The second-order valence-electron chi connectivity index (χ2n) is 5.04. The maximum atomic E-state index is 12.3. The van der Waals surface area contributed by atoms with Gasteiger partial charge in [0.15, 0.2) is 5.78 Å². The number of carbonyl (C=O) groups excluding carboxylic acids is 1. The van der Waals surface area contributed by atoms with Gasteiger partial charge in [-0.15, -0.1) is 0 Å². The van der Waals surface area contributed by atoms with Crippen LogP contribution >= 0.6 is 0 Å². The van der Waals surface area contributed by atoms with E-state index in [1.54, 1.807) is 30.5 Å². The molecule has 2 N–H and O–H groups in total. The summed E-state index contributed by atoms with van der Waals surface area (Å²) in [7, 11) is 0. The van der Waals surface area contributed by atoms with Gasteiger partial charge in [0, 0.05) is 22.7 Å². The number of allylic oxidation sites excluding steroid dienone is 1. The number of aliphatic imine (C=N–C) groups is 1. The average molecular weight is 289 g/mol. The highest BCUT2D eigenvalue weighted by Gasteiger charge is 2.27. The fourth-order valence-corrected chi connectivity index (χ4v) is 2.55. The van der Waals surface area contributed by atoms with Crippen molar-refractivity contribution in [1.29, 1.82) is 0 Å². The lowest BCUT2D eigenvalue weighted by molar-refractivity contribution is 0.104. The van der Waals surface area contributed by atoms with Gasteiger partial charge < -0.3 is 5.11 Å². The SMILES string of the molecule is O=C1C(C=Nc2ccc3cn[nH]c3c2)=C(O)c2ccccc21. The van der Waals surface area contributed by atoms with Gasteiger partial charge in [0.25, 0.3) is 0 Å². The molecule has 22 heavy (non-hydrogen) atoms. The van der Waals surface area contributed by atoms with E-state index < -0.39 is 0 Å². The average Bonchev–Trinajstić information content (AvgIpc) is 3.10. The Labute approximate surface area is 125 Å². The van der Waals surface area contributed by atoms with Crippen LogP contribution < -0.4 is 0 Å². The predicted molar refractivity (Wildman–Crippen MR) is 84.6 cm³/mol. The number of aromatic nitrogens is 2. The molecule has 0 bridgehead atoms. The van der Waals surface area contributed by atoms with Crippen LogP contribution in [0.1, 0.15) is 15.9 Å². The second-order valence-corrected chi connectivity index (χ2v) is 5.04. The molecule has 3 aromatic rings. The number of aliphatic hydroxyl groups excluding tert-OH is 1. The number of Topliss-reactive ketones (excluding diaryl/α,β-unsaturated/α-hetero) is 1. The first-order valence-corrected chi connectivity index (χ1v) is 6.78. The molecule has 0 amide bonds. The number of rotatable bonds is 2. The molecule has 1 aliphatic carbocycles. The molecule has 0 fully saturated rings. The summed E-state index contributed by atoms with van der Waals surface area (Å²) in [6.07, 6.45) is 3.14. The number of fused-ring (bicyclic) bond motifs is 2. The fraction of sp³-hybridized carbons (Fsp3) is 0. The van der Waals surface area contributed by atoms with Crippen molar-refractivity contribution in [3.63, 3.8) is 0 Å². The summed E-state index contributed by atoms with van der Waals surface area (Å²) < 4.78 is 0. The molecule has 5 nitrogen and oxygen atoms in total. The molecule has 0 aliphatic heterocycles. The van der Waals surface area contributed by atoms with Gasteiger partial charge in [-0.25, -0.2) is 0 Å². The van der Waals surface area contributed by atoms with E-state index in [0.29, 0.717) is 16.8 Å². The zero-order valence-electron chi connectivity index (χ0n) is 11.4. The number of benzene rings is 2. The molecular weight excluding hydrogens is 278 g/mol. The fourth-order valence-electron chi connectivity index (χ4n) is 2.55. The van der Waals surface area contributed by atoms with Gasteiger partial charge in [-0.3, -0.25) is 14.9 Å². The Balaban J connectivity index is 1.71. The van der Waals surface area contributed by atoms with E-state index in [-0.39, 0.29) is 17.1 Å². The van der Waals surface area contributed by atoms with Gasteiger partial charge in [0.2, 0.25) is 0 Å². The minimum Gasteiger partial charge on any atom is -0.506 e. The number of hydrogen-bond donors (Lipinski definition) is 2. The van der Waals surface area contributed by atoms with E-state index in [1.807, 2.05) is 18.2 Å². The normalized spacial score (nSPS) is 14.3. The highest BCUT2D eigenvalue weighted by molar-refractivity contribution is 6.30. The Bertz CT molecular complexity index is 967. The third-order valence-corrected chi connectivity index (χ3v) is 3.69. The maximum absolute atomic E-state index is 12.3. The lowest BCUT2D eigenvalue weighted by atomic mass is 10.1. The number of hydrogen-bond acceptors (Lipinski definition) is 4. The summed E-state index contributed by atoms with van der Waals surface area (Å²) in [5.74, 6) is -0.230. The minimum absolute atomic E-state index is 0.0213. The third kappa shape index (κ3) is 1.83. The second kappa shape index (κ2) is 4.66. The van der Waals surface area contributed by atoms with Crippen molar-refractivity contribution in [3.05, 3.63) is 65.4 Å². The summed E-state index contributed by atoms with van der Waals surface area (Å²) in [5.41, 5.74) is 2.82. The van der Waals surface area contributed by atoms with Crippen LogP contribution in [0.25, 0.3) is 16.7 Å². The molecule has 0 saturated heterocycles. The van der Waals surface area contributed by atoms with Gasteiger partial charge in [0.1, 0.15) is 5.76 Å². The molecule has 1 heterocycles. The van der Waals surface area contributed by atoms with E-state index in [1.165, 1.54) is 6.21 Å². The van der Waals surface area contributed by atoms with Crippen LogP contribution in [-0.4, -0.2) is 27.3 Å². The summed E-state index contributed by atoms with van der Waals surface area (Å²) in [4.78, 5) is 16.6. The summed E-state index contributed by atoms with van der Waals surface area (Å²) >= 11 is 0. The van der Waals surface area contributed by atoms with E-state index in [0.717, 1.165) is 10.9 Å². The molecule has 0 atom stereocenters. The molecule has 0 saturated carbocycles. The molecule has 2 aromatic carbocycles. The van der Waals surface area contributed by atoms with E-state index in [2.05, 4.69) is 15.2 Å². The topological polar surface area (TPSA) is 78.3 Å². The number of H-pyrrole nitrogens is 1. The van der Waals surface area contributed by atoms with Crippen LogP contribution in [0.4, 0.5) is 5.69 Å². The standard InChI is InChI=1S/C17H11N3O2/c21-16-12-3-1-2-4-13(12)17(22)14(16)9-18-11-6-5-10-8-19-20-15(10)7-11/h1-9,21H,(H,19,20). The third-order valence-electron chi connectivity index (χ3n) is 3.69. The number of aromatic amines is 1. The summed E-state index contributed by atoms with van der Waals surface area (Å²) in [6.45, 7) is 0. The highest BCUT2D eigenvalue weighted by atomic mass is 16.3. The van der Waals surface area contributed by atoms with Crippen molar-refractivity contribution in [2.24, 2.45) is 4.99 Å². The molecule has 4 rings (SSSR count). The predicted octanol–water partition coefficient (Wildman–Crippen LogP) is 3.43. The Hall–Kier alpha value is -3.21. The quantitative estimate of drug-likeness (QED) is 0.709. The van der Waals surface area contributed by atoms with E-state index in [9.17, 15) is 9.90 Å². The van der Waals surface area contributed by atoms with Gasteiger partial charge in [-0.05, 0) is 18.2 Å². The first-order chi connectivity index (χ1) is 10.7. The van der Waals surface area contributed by atoms with Crippen LogP contribution in [0.2, 0.25) is 0 Å². The van der Waals surface area contributed by atoms with Crippen molar-refractivity contribution < 1.29 is 9.90 Å². The lowest BCUT2D eigenvalue weighted by Gasteiger charge is -1.96. The largest absolute Gasteiger partial charge is 0.506 e. The van der Waals surface area contributed by atoms with Crippen LogP contribution in [0.5, 0.6) is 0 Å². The number of ketones is 1. The Kier molecular flexibility index (Phi) is 2.66. The molecule has 1 aromatic heterocycles. The Morgan fingerprint density at radius 1 is 1.14 bits per heavy atom. The first kappa shape index (κ1) is 12.5. The number of aliphatic hydroxyl groups is 1. The van der Waals surface area contributed by atoms with Crippen LogP contribution in [-0.2, 0) is 0 Å². The molecule has 5 heteroatoms. The zero-order chi connectivity index (χ0) is 15.1. The van der Waals surface area contributed by atoms with Crippen molar-refractivity contribution in [3.8, 4) is 0 Å². The summed E-state index contributed by atoms with van der Waals surface area (Å²) in [5, 5.41) is 18.0. The van der Waals surface area contributed by atoms with Gasteiger partial charge >= 0.3 is 0 Å². The minimum atomic E-state index is -0.209.